The van der Waals surface area contributed by atoms with Gasteiger partial charge in [0.2, 0.25) is 0 Å². The van der Waals surface area contributed by atoms with Gasteiger partial charge >= 0.3 is 6.03 Å². The Bertz CT molecular complexity index is 1070. The molecule has 2 N–H and O–H groups in total. The van der Waals surface area contributed by atoms with E-state index in [4.69, 9.17) is 0 Å². The molecule has 8 nitrogen and oxygen atoms in total. The average Bonchev–Trinajstić information content (AvgIpc) is 2.78. The van der Waals surface area contributed by atoms with Gasteiger partial charge in [-0.25, -0.2) is 14.2 Å². The van der Waals surface area contributed by atoms with Gasteiger partial charge in [0.25, 0.3) is 0 Å². The monoisotopic (exact) mass is 421 g/mol. The van der Waals surface area contributed by atoms with Crippen LogP contribution < -0.4 is 15.5 Å². The topological polar surface area (TPSA) is 86.3 Å². The van der Waals surface area contributed by atoms with Crippen LogP contribution in [0.4, 0.5) is 32.3 Å². The zero-order valence-electron chi connectivity index (χ0n) is 17.5. The van der Waals surface area contributed by atoms with Crippen molar-refractivity contribution in [3.8, 4) is 0 Å². The molecule has 9 heteroatoms. The molecule has 3 aromatic rings. The smallest absolute Gasteiger partial charge is 0.321 e. The fraction of sp³-hybridized carbons (Fsp3) is 0.273. The van der Waals surface area contributed by atoms with Crippen LogP contribution in [0.5, 0.6) is 0 Å². The van der Waals surface area contributed by atoms with E-state index in [0.717, 1.165) is 17.3 Å². The molecule has 1 aliphatic heterocycles. The second kappa shape index (κ2) is 8.95. The fourth-order valence-corrected chi connectivity index (χ4v) is 3.38. The molecule has 0 spiro atoms. The number of halogens is 1. The number of hydrogen-bond donors (Lipinski definition) is 2. The summed E-state index contributed by atoms with van der Waals surface area (Å²) in [4.78, 5) is 20.7. The van der Waals surface area contributed by atoms with Gasteiger partial charge in [-0.1, -0.05) is 12.1 Å². The molecule has 0 saturated carbocycles. The Morgan fingerprint density at radius 1 is 0.935 bits per heavy atom. The number of piperazine rings is 1. The molecule has 1 saturated heterocycles. The maximum Gasteiger partial charge on any atom is 0.321 e. The Morgan fingerprint density at radius 2 is 1.71 bits per heavy atom. The summed E-state index contributed by atoms with van der Waals surface area (Å²) < 4.78 is 13.7. The number of pyridine rings is 1. The third kappa shape index (κ3) is 4.88. The van der Waals surface area contributed by atoms with Gasteiger partial charge in [0.15, 0.2) is 11.6 Å². The number of anilines is 4. The molecule has 0 atom stereocenters. The van der Waals surface area contributed by atoms with E-state index in [2.05, 4.69) is 30.7 Å². The van der Waals surface area contributed by atoms with Crippen molar-refractivity contribution in [3.63, 3.8) is 0 Å². The number of carbonyl (C=O) groups is 1. The van der Waals surface area contributed by atoms with Crippen molar-refractivity contribution in [3.05, 3.63) is 65.6 Å². The Kier molecular flexibility index (Phi) is 5.92. The Labute approximate surface area is 180 Å². The summed E-state index contributed by atoms with van der Waals surface area (Å²) >= 11 is 0. The number of rotatable bonds is 4. The lowest BCUT2D eigenvalue weighted by Gasteiger charge is -2.35. The number of urea groups is 1. The van der Waals surface area contributed by atoms with Crippen LogP contribution in [-0.2, 0) is 0 Å². The lowest BCUT2D eigenvalue weighted by Crippen LogP contribution is -2.50. The Balaban J connectivity index is 1.32. The molecule has 160 valence electrons. The predicted molar refractivity (Wildman–Crippen MR) is 118 cm³/mol. The van der Waals surface area contributed by atoms with Gasteiger partial charge in [-0.2, -0.15) is 0 Å². The van der Waals surface area contributed by atoms with Crippen molar-refractivity contribution in [2.24, 2.45) is 0 Å². The first kappa shape index (κ1) is 20.5. The number of hydrogen-bond acceptors (Lipinski definition) is 6. The molecule has 0 aliphatic carbocycles. The maximum atomic E-state index is 13.7. The third-order valence-corrected chi connectivity index (χ3v) is 5.20. The highest BCUT2D eigenvalue weighted by atomic mass is 19.1. The lowest BCUT2D eigenvalue weighted by molar-refractivity contribution is 0.208. The average molecular weight is 421 g/mol. The maximum absolute atomic E-state index is 13.7. The van der Waals surface area contributed by atoms with Crippen molar-refractivity contribution >= 4 is 29.2 Å². The van der Waals surface area contributed by atoms with E-state index >= 15 is 0 Å². The summed E-state index contributed by atoms with van der Waals surface area (Å²) in [5.74, 6) is 1.75. The number of carbonyl (C=O) groups excluding carboxylic acids is 1. The Hall–Kier alpha value is -3.75. The van der Waals surface area contributed by atoms with Crippen molar-refractivity contribution in [1.82, 2.24) is 20.1 Å². The van der Waals surface area contributed by atoms with Gasteiger partial charge in [-0.3, -0.25) is 0 Å². The summed E-state index contributed by atoms with van der Waals surface area (Å²) in [5, 5.41) is 14.5. The molecule has 0 radical (unpaired) electrons. The first-order chi connectivity index (χ1) is 15.0. The number of aryl methyl sites for hydroxylation is 1. The van der Waals surface area contributed by atoms with Gasteiger partial charge < -0.3 is 20.4 Å². The molecule has 0 bridgehead atoms. The van der Waals surface area contributed by atoms with E-state index in [0.29, 0.717) is 43.2 Å². The van der Waals surface area contributed by atoms with Crippen LogP contribution in [0.1, 0.15) is 11.3 Å². The quantitative estimate of drug-likeness (QED) is 0.668. The van der Waals surface area contributed by atoms with Crippen molar-refractivity contribution in [2.75, 3.05) is 41.7 Å². The van der Waals surface area contributed by atoms with E-state index in [1.54, 1.807) is 24.0 Å². The zero-order chi connectivity index (χ0) is 21.8. The molecule has 3 heterocycles. The number of nitrogens with one attached hydrogen (secondary N) is 2. The fourth-order valence-electron chi connectivity index (χ4n) is 3.38. The van der Waals surface area contributed by atoms with E-state index in [-0.39, 0.29) is 11.8 Å². The second-order valence-electron chi connectivity index (χ2n) is 7.38. The van der Waals surface area contributed by atoms with Crippen molar-refractivity contribution < 1.29 is 9.18 Å². The highest BCUT2D eigenvalue weighted by Crippen LogP contribution is 2.20. The van der Waals surface area contributed by atoms with Gasteiger partial charge in [-0.05, 0) is 50.2 Å². The summed E-state index contributed by atoms with van der Waals surface area (Å²) in [6, 6.07) is 13.9. The van der Waals surface area contributed by atoms with Crippen LogP contribution in [0.3, 0.4) is 0 Å². The predicted octanol–water partition coefficient (Wildman–Crippen LogP) is 3.73. The summed E-state index contributed by atoms with van der Waals surface area (Å²) in [6.07, 6.45) is 0. The molecule has 1 aliphatic rings. The first-order valence-corrected chi connectivity index (χ1v) is 10.1. The summed E-state index contributed by atoms with van der Waals surface area (Å²) in [6.45, 7) is 5.92. The van der Waals surface area contributed by atoms with E-state index in [1.165, 1.54) is 6.07 Å². The zero-order valence-corrected chi connectivity index (χ0v) is 17.5. The van der Waals surface area contributed by atoms with E-state index < -0.39 is 0 Å². The molecule has 31 heavy (non-hydrogen) atoms. The highest BCUT2D eigenvalue weighted by Gasteiger charge is 2.22. The molecular weight excluding hydrogens is 397 g/mol. The molecule has 1 fully saturated rings. The van der Waals surface area contributed by atoms with Crippen molar-refractivity contribution in [2.45, 2.75) is 13.8 Å². The first-order valence-electron chi connectivity index (χ1n) is 10.1. The normalized spacial score (nSPS) is 13.8. The van der Waals surface area contributed by atoms with Crippen LogP contribution >= 0.6 is 0 Å². The largest absolute Gasteiger partial charge is 0.352 e. The van der Waals surface area contributed by atoms with Gasteiger partial charge in [0.1, 0.15) is 11.6 Å². The standard InChI is InChI=1S/C22H24FN7O/c1-15-5-3-8-19(24-15)26-20-9-10-21(28-27-20)29-11-13-30(14-12-29)22(31)25-18-7-4-6-17(23)16(18)2/h3-10H,11-14H2,1-2H3,(H,25,31)(H,24,26,27). The second-order valence-corrected chi connectivity index (χ2v) is 7.38. The SMILES string of the molecule is Cc1cccc(Nc2ccc(N3CCN(C(=O)Nc4cccc(F)c4C)CC3)nn2)n1. The van der Waals surface area contributed by atoms with Crippen LogP contribution in [0, 0.1) is 19.7 Å². The minimum absolute atomic E-state index is 0.232. The van der Waals surface area contributed by atoms with Crippen molar-refractivity contribution in [1.29, 1.82) is 0 Å². The minimum atomic E-state index is -0.336. The number of amides is 2. The molecule has 2 amide bonds. The molecule has 4 rings (SSSR count). The van der Waals surface area contributed by atoms with Crippen LogP contribution in [0.2, 0.25) is 0 Å². The van der Waals surface area contributed by atoms with Crippen LogP contribution in [-0.4, -0.2) is 52.3 Å². The molecule has 2 aromatic heterocycles. The van der Waals surface area contributed by atoms with Gasteiger partial charge in [0, 0.05) is 43.1 Å². The molecule has 0 unspecified atom stereocenters. The minimum Gasteiger partial charge on any atom is -0.352 e. The van der Waals surface area contributed by atoms with Crippen LogP contribution in [0.25, 0.3) is 0 Å². The third-order valence-electron chi connectivity index (χ3n) is 5.20. The summed E-state index contributed by atoms with van der Waals surface area (Å²) in [7, 11) is 0. The van der Waals surface area contributed by atoms with E-state index in [9.17, 15) is 9.18 Å². The lowest BCUT2D eigenvalue weighted by atomic mass is 10.2. The number of nitrogens with zero attached hydrogens (tertiary/aromatic N) is 5. The number of benzene rings is 1. The molecule has 1 aromatic carbocycles. The van der Waals surface area contributed by atoms with Crippen LogP contribution in [0.15, 0.2) is 48.5 Å². The molecular formula is C22H24FN7O. The van der Waals surface area contributed by atoms with E-state index in [1.807, 2.05) is 37.3 Å². The summed E-state index contributed by atoms with van der Waals surface area (Å²) in [5.41, 5.74) is 1.84. The highest BCUT2D eigenvalue weighted by molar-refractivity contribution is 5.90. The number of aromatic nitrogens is 3. The Morgan fingerprint density at radius 3 is 2.42 bits per heavy atom. The van der Waals surface area contributed by atoms with Gasteiger partial charge in [-0.15, -0.1) is 10.2 Å². The van der Waals surface area contributed by atoms with Gasteiger partial charge in [0.05, 0.1) is 0 Å².